The SMILES string of the molecule is CCc1nc(NC(=O)CNCCn2cc(C)cn2)sc1C. The van der Waals surface area contributed by atoms with Gasteiger partial charge in [0.05, 0.1) is 25.0 Å². The van der Waals surface area contributed by atoms with Crippen molar-refractivity contribution in [3.63, 3.8) is 0 Å². The maximum atomic E-state index is 11.8. The maximum Gasteiger partial charge on any atom is 0.240 e. The summed E-state index contributed by atoms with van der Waals surface area (Å²) in [6.45, 7) is 7.82. The molecule has 0 bridgehead atoms. The zero-order chi connectivity index (χ0) is 15.2. The van der Waals surface area contributed by atoms with Gasteiger partial charge in [-0.25, -0.2) is 4.98 Å². The quantitative estimate of drug-likeness (QED) is 0.764. The van der Waals surface area contributed by atoms with E-state index in [0.717, 1.165) is 29.1 Å². The van der Waals surface area contributed by atoms with Gasteiger partial charge in [0.2, 0.25) is 5.91 Å². The van der Waals surface area contributed by atoms with E-state index in [4.69, 9.17) is 0 Å². The van der Waals surface area contributed by atoms with Crippen LogP contribution in [0.5, 0.6) is 0 Å². The average Bonchev–Trinajstić information content (AvgIpc) is 3.00. The Kier molecular flexibility index (Phi) is 5.46. The van der Waals surface area contributed by atoms with Crippen LogP contribution in [0.2, 0.25) is 0 Å². The standard InChI is InChI=1S/C14H21N5OS/c1-4-12-11(3)21-14(17-12)18-13(20)8-15-5-6-19-9-10(2)7-16-19/h7,9,15H,4-6,8H2,1-3H3,(H,17,18,20). The first-order valence-corrected chi connectivity index (χ1v) is 7.86. The molecular weight excluding hydrogens is 286 g/mol. The number of carbonyl (C=O) groups excluding carboxylic acids is 1. The molecule has 21 heavy (non-hydrogen) atoms. The lowest BCUT2D eigenvalue weighted by molar-refractivity contribution is -0.115. The third-order valence-electron chi connectivity index (χ3n) is 3.04. The van der Waals surface area contributed by atoms with E-state index in [0.29, 0.717) is 11.7 Å². The van der Waals surface area contributed by atoms with Crippen LogP contribution < -0.4 is 10.6 Å². The molecule has 114 valence electrons. The van der Waals surface area contributed by atoms with Gasteiger partial charge in [-0.1, -0.05) is 6.92 Å². The fourth-order valence-corrected chi connectivity index (χ4v) is 2.88. The number of amides is 1. The van der Waals surface area contributed by atoms with Crippen LogP contribution in [0, 0.1) is 13.8 Å². The van der Waals surface area contributed by atoms with Gasteiger partial charge >= 0.3 is 0 Å². The van der Waals surface area contributed by atoms with Crippen LogP contribution in [-0.4, -0.2) is 33.8 Å². The minimum absolute atomic E-state index is 0.0666. The van der Waals surface area contributed by atoms with Crippen LogP contribution in [0.25, 0.3) is 0 Å². The number of anilines is 1. The topological polar surface area (TPSA) is 71.8 Å². The van der Waals surface area contributed by atoms with E-state index in [1.165, 1.54) is 11.3 Å². The van der Waals surface area contributed by atoms with Crippen molar-refractivity contribution in [3.05, 3.63) is 28.5 Å². The number of thiazole rings is 1. The lowest BCUT2D eigenvalue weighted by Gasteiger charge is -2.05. The summed E-state index contributed by atoms with van der Waals surface area (Å²) in [7, 11) is 0. The molecule has 0 saturated carbocycles. The minimum Gasteiger partial charge on any atom is -0.307 e. The highest BCUT2D eigenvalue weighted by molar-refractivity contribution is 7.15. The Morgan fingerprint density at radius 1 is 1.43 bits per heavy atom. The first-order chi connectivity index (χ1) is 10.1. The van der Waals surface area contributed by atoms with Gasteiger partial charge in [0.1, 0.15) is 0 Å². The van der Waals surface area contributed by atoms with Crippen LogP contribution in [-0.2, 0) is 17.8 Å². The summed E-state index contributed by atoms with van der Waals surface area (Å²) >= 11 is 1.52. The van der Waals surface area contributed by atoms with Crippen molar-refractivity contribution in [3.8, 4) is 0 Å². The molecule has 0 atom stereocenters. The number of aryl methyl sites for hydroxylation is 3. The summed E-state index contributed by atoms with van der Waals surface area (Å²) < 4.78 is 1.86. The molecule has 0 aliphatic heterocycles. The van der Waals surface area contributed by atoms with Crippen molar-refractivity contribution in [2.45, 2.75) is 33.7 Å². The molecule has 0 aliphatic rings. The Morgan fingerprint density at radius 3 is 2.86 bits per heavy atom. The molecule has 2 aromatic heterocycles. The third-order valence-corrected chi connectivity index (χ3v) is 3.97. The number of carbonyl (C=O) groups is 1. The second-order valence-electron chi connectivity index (χ2n) is 4.88. The molecule has 1 amide bonds. The van der Waals surface area contributed by atoms with Crippen LogP contribution in [0.15, 0.2) is 12.4 Å². The fraction of sp³-hybridized carbons (Fsp3) is 0.500. The lowest BCUT2D eigenvalue weighted by Crippen LogP contribution is -2.30. The molecule has 2 N–H and O–H groups in total. The predicted octanol–water partition coefficient (Wildman–Crippen LogP) is 1.75. The first kappa shape index (κ1) is 15.7. The van der Waals surface area contributed by atoms with E-state index in [1.807, 2.05) is 30.9 Å². The molecule has 0 saturated heterocycles. The van der Waals surface area contributed by atoms with Crippen molar-refractivity contribution in [2.75, 3.05) is 18.4 Å². The summed E-state index contributed by atoms with van der Waals surface area (Å²) in [6, 6.07) is 0. The highest BCUT2D eigenvalue weighted by Gasteiger charge is 2.08. The number of nitrogens with zero attached hydrogens (tertiary/aromatic N) is 3. The number of aromatic nitrogens is 3. The van der Waals surface area contributed by atoms with Gasteiger partial charge in [-0.05, 0) is 25.8 Å². The largest absolute Gasteiger partial charge is 0.307 e. The van der Waals surface area contributed by atoms with Crippen molar-refractivity contribution in [1.29, 1.82) is 0 Å². The van der Waals surface area contributed by atoms with Crippen LogP contribution in [0.3, 0.4) is 0 Å². The predicted molar refractivity (Wildman–Crippen MR) is 84.7 cm³/mol. The van der Waals surface area contributed by atoms with E-state index in [1.54, 1.807) is 0 Å². The van der Waals surface area contributed by atoms with Crippen molar-refractivity contribution in [1.82, 2.24) is 20.1 Å². The van der Waals surface area contributed by atoms with Crippen molar-refractivity contribution in [2.24, 2.45) is 0 Å². The molecule has 0 fully saturated rings. The van der Waals surface area contributed by atoms with Crippen molar-refractivity contribution >= 4 is 22.4 Å². The van der Waals surface area contributed by atoms with Gasteiger partial charge in [0.15, 0.2) is 5.13 Å². The molecule has 0 aromatic carbocycles. The third kappa shape index (κ3) is 4.64. The monoisotopic (exact) mass is 307 g/mol. The number of rotatable bonds is 7. The molecule has 6 nitrogen and oxygen atoms in total. The molecule has 7 heteroatoms. The number of hydrogen-bond acceptors (Lipinski definition) is 5. The molecule has 0 aliphatic carbocycles. The molecule has 2 rings (SSSR count). The maximum absolute atomic E-state index is 11.8. The minimum atomic E-state index is -0.0666. The van der Waals surface area contributed by atoms with E-state index in [2.05, 4.69) is 27.6 Å². The van der Waals surface area contributed by atoms with Crippen LogP contribution in [0.4, 0.5) is 5.13 Å². The molecule has 0 spiro atoms. The van der Waals surface area contributed by atoms with Gasteiger partial charge in [-0.3, -0.25) is 9.48 Å². The van der Waals surface area contributed by atoms with E-state index in [-0.39, 0.29) is 12.5 Å². The Bertz CT molecular complexity index is 604. The summed E-state index contributed by atoms with van der Waals surface area (Å²) in [5.74, 6) is -0.0666. The summed E-state index contributed by atoms with van der Waals surface area (Å²) in [5, 5.41) is 10.8. The molecule has 0 radical (unpaired) electrons. The second kappa shape index (κ2) is 7.33. The van der Waals surface area contributed by atoms with Crippen LogP contribution >= 0.6 is 11.3 Å². The Labute approximate surface area is 128 Å². The van der Waals surface area contributed by atoms with Gasteiger partial charge in [0, 0.05) is 17.6 Å². The van der Waals surface area contributed by atoms with Crippen molar-refractivity contribution < 1.29 is 4.79 Å². The summed E-state index contributed by atoms with van der Waals surface area (Å²) in [5.41, 5.74) is 2.19. The Balaban J connectivity index is 1.69. The Morgan fingerprint density at radius 2 is 2.24 bits per heavy atom. The van der Waals surface area contributed by atoms with Crippen LogP contribution in [0.1, 0.15) is 23.1 Å². The summed E-state index contributed by atoms with van der Waals surface area (Å²) in [6.07, 6.45) is 4.69. The zero-order valence-corrected chi connectivity index (χ0v) is 13.5. The first-order valence-electron chi connectivity index (χ1n) is 7.04. The Hall–Kier alpha value is -1.73. The number of hydrogen-bond donors (Lipinski definition) is 2. The smallest absolute Gasteiger partial charge is 0.240 e. The second-order valence-corrected chi connectivity index (χ2v) is 6.08. The van der Waals surface area contributed by atoms with E-state index < -0.39 is 0 Å². The molecular formula is C14H21N5OS. The molecule has 0 unspecified atom stereocenters. The van der Waals surface area contributed by atoms with E-state index in [9.17, 15) is 4.79 Å². The molecule has 2 heterocycles. The van der Waals surface area contributed by atoms with Gasteiger partial charge < -0.3 is 10.6 Å². The highest BCUT2D eigenvalue weighted by Crippen LogP contribution is 2.21. The fourth-order valence-electron chi connectivity index (χ4n) is 1.96. The molecule has 2 aromatic rings. The van der Waals surface area contributed by atoms with Gasteiger partial charge in [0.25, 0.3) is 0 Å². The number of nitrogens with one attached hydrogen (secondary N) is 2. The average molecular weight is 307 g/mol. The normalized spacial score (nSPS) is 10.8. The van der Waals surface area contributed by atoms with Gasteiger partial charge in [-0.15, -0.1) is 11.3 Å². The van der Waals surface area contributed by atoms with Gasteiger partial charge in [-0.2, -0.15) is 5.10 Å². The lowest BCUT2D eigenvalue weighted by atomic mass is 10.3. The zero-order valence-electron chi connectivity index (χ0n) is 12.6. The summed E-state index contributed by atoms with van der Waals surface area (Å²) in [4.78, 5) is 17.4. The van der Waals surface area contributed by atoms with E-state index >= 15 is 0 Å². The highest BCUT2D eigenvalue weighted by atomic mass is 32.1.